The molecule has 0 aromatic heterocycles. The molecule has 0 radical (unpaired) electrons. The van der Waals surface area contributed by atoms with Gasteiger partial charge < -0.3 is 28.4 Å². The van der Waals surface area contributed by atoms with Crippen molar-refractivity contribution in [2.75, 3.05) is 20.8 Å². The molecule has 0 aromatic rings. The fourth-order valence-electron chi connectivity index (χ4n) is 3.29. The maximum absolute atomic E-state index is 6.51. The fourth-order valence-corrected chi connectivity index (χ4v) is 3.65. The monoisotopic (exact) mass is 348 g/mol. The molecule has 0 N–H and O–H groups in total. The maximum atomic E-state index is 6.51. The van der Waals surface area contributed by atoms with Gasteiger partial charge in [0.1, 0.15) is 18.3 Å². The summed E-state index contributed by atoms with van der Waals surface area (Å²) in [5.74, 6) is -2.86. The van der Waals surface area contributed by atoms with Crippen LogP contribution in [0.25, 0.3) is 0 Å². The van der Waals surface area contributed by atoms with Gasteiger partial charge >= 0.3 is 0 Å². The van der Waals surface area contributed by atoms with E-state index >= 15 is 0 Å². The first-order valence-electron chi connectivity index (χ1n) is 7.77. The molecule has 2 aliphatic heterocycles. The second-order valence-electron chi connectivity index (χ2n) is 6.88. The van der Waals surface area contributed by atoms with Crippen molar-refractivity contribution >= 4 is 11.6 Å². The molecule has 0 aromatic carbocycles. The van der Waals surface area contributed by atoms with Gasteiger partial charge in [0.05, 0.1) is 12.0 Å². The van der Waals surface area contributed by atoms with E-state index in [4.69, 9.17) is 40.0 Å². The molecule has 3 aliphatic rings. The quantitative estimate of drug-likeness (QED) is 0.563. The minimum Gasteiger partial charge on any atom is -0.349 e. The Kier molecular flexibility index (Phi) is 4.33. The van der Waals surface area contributed by atoms with Crippen LogP contribution in [0, 0.1) is 0 Å². The largest absolute Gasteiger partial charge is 0.349 e. The van der Waals surface area contributed by atoms with Crippen LogP contribution in [0.4, 0.5) is 0 Å². The third kappa shape index (κ3) is 2.74. The van der Waals surface area contributed by atoms with Gasteiger partial charge in [0.25, 0.3) is 0 Å². The van der Waals surface area contributed by atoms with Crippen molar-refractivity contribution in [1.29, 1.82) is 0 Å². The summed E-state index contributed by atoms with van der Waals surface area (Å²) in [6.07, 6.45) is 0.813. The van der Waals surface area contributed by atoms with Crippen molar-refractivity contribution in [3.8, 4) is 0 Å². The molecule has 6 atom stereocenters. The van der Waals surface area contributed by atoms with E-state index in [1.54, 1.807) is 28.1 Å². The first-order chi connectivity index (χ1) is 10.6. The number of ether oxygens (including phenoxy) is 6. The van der Waals surface area contributed by atoms with E-state index in [0.29, 0.717) is 6.61 Å². The lowest BCUT2D eigenvalue weighted by Gasteiger charge is -2.56. The standard InChI is InChI=1S/C16H25ClO6/c1-14(2)20-8-9-7-10(17)12-13(11(9)21-14)23-16(4,19-6)15(3,18-5)22-12/h7,10-13H,8H2,1-6H3/t10-,11-,12+,13+,15-,16-/m1/s1. The molecule has 0 amide bonds. The summed E-state index contributed by atoms with van der Waals surface area (Å²) >= 11 is 6.51. The average molecular weight is 349 g/mol. The molecule has 2 heterocycles. The highest BCUT2D eigenvalue weighted by Gasteiger charge is 2.61. The van der Waals surface area contributed by atoms with Crippen LogP contribution in [0.15, 0.2) is 11.6 Å². The van der Waals surface area contributed by atoms with Crippen molar-refractivity contribution in [1.82, 2.24) is 0 Å². The molecule has 0 saturated carbocycles. The van der Waals surface area contributed by atoms with Gasteiger partial charge in [0.15, 0.2) is 5.79 Å². The molecule has 6 nitrogen and oxygen atoms in total. The molecule has 1 aliphatic carbocycles. The van der Waals surface area contributed by atoms with Gasteiger partial charge in [-0.2, -0.15) is 0 Å². The van der Waals surface area contributed by atoms with E-state index in [1.165, 1.54) is 0 Å². The summed E-state index contributed by atoms with van der Waals surface area (Å²) in [7, 11) is 3.12. The van der Waals surface area contributed by atoms with Crippen LogP contribution in [0.1, 0.15) is 27.7 Å². The minimum absolute atomic E-state index is 0.297. The van der Waals surface area contributed by atoms with Gasteiger partial charge in [0, 0.05) is 14.2 Å². The van der Waals surface area contributed by atoms with Crippen molar-refractivity contribution in [2.24, 2.45) is 0 Å². The van der Waals surface area contributed by atoms with Crippen LogP contribution >= 0.6 is 11.6 Å². The summed E-state index contributed by atoms with van der Waals surface area (Å²) in [6.45, 7) is 7.79. The number of hydrogen-bond donors (Lipinski definition) is 0. The number of fused-ring (bicyclic) bond motifs is 3. The average Bonchev–Trinajstić information content (AvgIpc) is 2.50. The Balaban J connectivity index is 1.96. The van der Waals surface area contributed by atoms with Gasteiger partial charge in [-0.25, -0.2) is 0 Å². The Bertz CT molecular complexity index is 509. The summed E-state index contributed by atoms with van der Waals surface area (Å²) in [5.41, 5.74) is 0.966. The number of halogens is 1. The van der Waals surface area contributed by atoms with Crippen molar-refractivity contribution in [3.63, 3.8) is 0 Å². The normalized spacial score (nSPS) is 49.1. The van der Waals surface area contributed by atoms with E-state index in [9.17, 15) is 0 Å². The lowest BCUT2D eigenvalue weighted by atomic mass is 9.87. The smallest absolute Gasteiger partial charge is 0.220 e. The van der Waals surface area contributed by atoms with E-state index in [0.717, 1.165) is 5.57 Å². The molecule has 132 valence electrons. The molecule has 7 heteroatoms. The van der Waals surface area contributed by atoms with Gasteiger partial charge in [-0.1, -0.05) is 6.08 Å². The predicted octanol–water partition coefficient (Wildman–Crippen LogP) is 2.19. The Morgan fingerprint density at radius 1 is 1.00 bits per heavy atom. The minimum atomic E-state index is -1.09. The van der Waals surface area contributed by atoms with E-state index < -0.39 is 29.6 Å². The summed E-state index contributed by atoms with van der Waals surface area (Å²) < 4.78 is 35.4. The van der Waals surface area contributed by atoms with Crippen LogP contribution in [0.5, 0.6) is 0 Å². The number of methoxy groups -OCH3 is 2. The van der Waals surface area contributed by atoms with Gasteiger partial charge in [0.2, 0.25) is 11.6 Å². The van der Waals surface area contributed by atoms with Crippen molar-refractivity contribution in [3.05, 3.63) is 11.6 Å². The highest BCUT2D eigenvalue weighted by molar-refractivity contribution is 6.22. The van der Waals surface area contributed by atoms with Gasteiger partial charge in [-0.15, -0.1) is 11.6 Å². The number of hydrogen-bond acceptors (Lipinski definition) is 6. The number of alkyl halides is 1. The molecule has 0 bridgehead atoms. The lowest BCUT2D eigenvalue weighted by Crippen LogP contribution is -2.70. The first kappa shape index (κ1) is 17.6. The van der Waals surface area contributed by atoms with Crippen LogP contribution in [-0.4, -0.2) is 61.9 Å². The second kappa shape index (κ2) is 5.66. The Morgan fingerprint density at radius 2 is 1.57 bits per heavy atom. The predicted molar refractivity (Wildman–Crippen MR) is 83.2 cm³/mol. The topological polar surface area (TPSA) is 55.4 Å². The first-order valence-corrected chi connectivity index (χ1v) is 8.21. The SMILES string of the molecule is CO[C@]1(C)O[C@@H]2[C@@H](O[C@@]1(C)OC)[C@@H]1OC(C)(C)OCC1=C[C@H]2Cl. The highest BCUT2D eigenvalue weighted by Crippen LogP contribution is 2.46. The molecule has 23 heavy (non-hydrogen) atoms. The zero-order valence-corrected chi connectivity index (χ0v) is 15.2. The number of rotatable bonds is 2. The summed E-state index contributed by atoms with van der Waals surface area (Å²) in [5, 5.41) is -0.365. The molecular weight excluding hydrogens is 324 g/mol. The molecule has 0 spiro atoms. The molecule has 2 fully saturated rings. The molecule has 2 saturated heterocycles. The molecule has 3 rings (SSSR count). The third-order valence-corrected chi connectivity index (χ3v) is 5.37. The van der Waals surface area contributed by atoms with Crippen LogP contribution in [0.2, 0.25) is 0 Å². The van der Waals surface area contributed by atoms with Crippen LogP contribution in [0.3, 0.4) is 0 Å². The zero-order valence-electron chi connectivity index (χ0n) is 14.4. The summed E-state index contributed by atoms with van der Waals surface area (Å²) in [4.78, 5) is 0. The third-order valence-electron chi connectivity index (χ3n) is 5.00. The lowest BCUT2D eigenvalue weighted by molar-refractivity contribution is -0.458. The fraction of sp³-hybridized carbons (Fsp3) is 0.875. The molecule has 0 unspecified atom stereocenters. The van der Waals surface area contributed by atoms with E-state index in [-0.39, 0.29) is 11.5 Å². The van der Waals surface area contributed by atoms with E-state index in [1.807, 2.05) is 19.9 Å². The van der Waals surface area contributed by atoms with Crippen LogP contribution < -0.4 is 0 Å². The maximum Gasteiger partial charge on any atom is 0.220 e. The van der Waals surface area contributed by atoms with E-state index in [2.05, 4.69) is 0 Å². The second-order valence-corrected chi connectivity index (χ2v) is 7.38. The Morgan fingerprint density at radius 3 is 2.13 bits per heavy atom. The van der Waals surface area contributed by atoms with Gasteiger partial charge in [-0.3, -0.25) is 0 Å². The Labute approximate surface area is 141 Å². The van der Waals surface area contributed by atoms with Gasteiger partial charge in [-0.05, 0) is 33.3 Å². The Hall–Kier alpha value is -0.210. The molecular formula is C16H25ClO6. The van der Waals surface area contributed by atoms with Crippen molar-refractivity contribution in [2.45, 2.75) is 68.7 Å². The van der Waals surface area contributed by atoms with Crippen LogP contribution in [-0.2, 0) is 28.4 Å². The highest BCUT2D eigenvalue weighted by atomic mass is 35.5. The summed E-state index contributed by atoms with van der Waals surface area (Å²) in [6, 6.07) is 0. The zero-order chi connectivity index (χ0) is 17.0. The van der Waals surface area contributed by atoms with Crippen molar-refractivity contribution < 1.29 is 28.4 Å².